The molecule has 1 aliphatic rings. The van der Waals surface area contributed by atoms with Gasteiger partial charge in [0.2, 0.25) is 0 Å². The van der Waals surface area contributed by atoms with E-state index in [0.717, 1.165) is 24.1 Å². The van der Waals surface area contributed by atoms with E-state index in [1.807, 2.05) is 24.3 Å². The zero-order valence-electron chi connectivity index (χ0n) is 12.0. The smallest absolute Gasteiger partial charge is 0.323 e. The van der Waals surface area contributed by atoms with Gasteiger partial charge in [-0.15, -0.1) is 0 Å². The first-order chi connectivity index (χ1) is 10.6. The Morgan fingerprint density at radius 2 is 1.82 bits per heavy atom. The predicted octanol–water partition coefficient (Wildman–Crippen LogP) is 3.83. The van der Waals surface area contributed by atoms with Crippen molar-refractivity contribution in [1.82, 2.24) is 0 Å². The lowest BCUT2D eigenvalue weighted by molar-refractivity contribution is 0.159. The number of fused-ring (bicyclic) bond motifs is 1. The summed E-state index contributed by atoms with van der Waals surface area (Å²) < 4.78 is 0. The van der Waals surface area contributed by atoms with Crippen molar-refractivity contribution in [2.75, 3.05) is 10.6 Å². The summed E-state index contributed by atoms with van der Waals surface area (Å²) in [5.41, 5.74) is 3.49. The average molecular weight is 317 g/mol. The Kier molecular flexibility index (Phi) is 4.32. The number of benzene rings is 2. The Labute approximate surface area is 134 Å². The number of aliphatic hydroxyl groups is 1. The zero-order chi connectivity index (χ0) is 15.5. The highest BCUT2D eigenvalue weighted by molar-refractivity contribution is 6.33. The summed E-state index contributed by atoms with van der Waals surface area (Å²) in [6, 6.07) is 12.5. The number of anilines is 2. The van der Waals surface area contributed by atoms with Crippen LogP contribution >= 0.6 is 11.6 Å². The van der Waals surface area contributed by atoms with Gasteiger partial charge < -0.3 is 15.7 Å². The molecule has 0 bridgehead atoms. The van der Waals surface area contributed by atoms with Gasteiger partial charge in [0.15, 0.2) is 0 Å². The van der Waals surface area contributed by atoms with Crippen LogP contribution in [0.25, 0.3) is 0 Å². The van der Waals surface area contributed by atoms with Gasteiger partial charge in [-0.1, -0.05) is 35.9 Å². The summed E-state index contributed by atoms with van der Waals surface area (Å²) in [5, 5.41) is 15.9. The van der Waals surface area contributed by atoms with Crippen LogP contribution in [0.2, 0.25) is 5.02 Å². The summed E-state index contributed by atoms with van der Waals surface area (Å²) in [6.45, 7) is 0. The number of rotatable bonds is 2. The fourth-order valence-electron chi connectivity index (χ4n) is 2.73. The highest BCUT2D eigenvalue weighted by Crippen LogP contribution is 2.28. The third-order valence-electron chi connectivity index (χ3n) is 3.83. The number of amides is 2. The van der Waals surface area contributed by atoms with E-state index in [0.29, 0.717) is 17.1 Å². The molecule has 0 saturated heterocycles. The van der Waals surface area contributed by atoms with Gasteiger partial charge in [0, 0.05) is 12.1 Å². The molecular weight excluding hydrogens is 300 g/mol. The van der Waals surface area contributed by atoms with E-state index < -0.39 is 0 Å². The molecule has 3 N–H and O–H groups in total. The van der Waals surface area contributed by atoms with Crippen LogP contribution in [0.1, 0.15) is 17.5 Å². The largest absolute Gasteiger partial charge is 0.393 e. The molecular formula is C17H17ClN2O2. The SMILES string of the molecule is O=C(Nc1ccccc1Cl)Nc1cccc2c1C[C@H](O)CC2. The summed E-state index contributed by atoms with van der Waals surface area (Å²) in [7, 11) is 0. The first-order valence-corrected chi connectivity index (χ1v) is 7.62. The number of halogens is 1. The first-order valence-electron chi connectivity index (χ1n) is 7.25. The van der Waals surface area contributed by atoms with E-state index in [2.05, 4.69) is 10.6 Å². The summed E-state index contributed by atoms with van der Waals surface area (Å²) >= 11 is 6.03. The molecule has 3 rings (SSSR count). The van der Waals surface area contributed by atoms with Crippen LogP contribution < -0.4 is 10.6 Å². The number of carbonyl (C=O) groups is 1. The zero-order valence-corrected chi connectivity index (χ0v) is 12.7. The van der Waals surface area contributed by atoms with Crippen LogP contribution in [-0.4, -0.2) is 17.2 Å². The van der Waals surface area contributed by atoms with E-state index in [4.69, 9.17) is 11.6 Å². The van der Waals surface area contributed by atoms with Crippen molar-refractivity contribution in [2.24, 2.45) is 0 Å². The van der Waals surface area contributed by atoms with E-state index in [1.165, 1.54) is 5.56 Å². The average Bonchev–Trinajstić information content (AvgIpc) is 2.50. The number of aryl methyl sites for hydroxylation is 1. The Hall–Kier alpha value is -2.04. The van der Waals surface area contributed by atoms with Gasteiger partial charge in [-0.25, -0.2) is 4.79 Å². The van der Waals surface area contributed by atoms with E-state index in [9.17, 15) is 9.90 Å². The number of hydrogen-bond acceptors (Lipinski definition) is 2. The van der Waals surface area contributed by atoms with E-state index >= 15 is 0 Å². The van der Waals surface area contributed by atoms with Crippen molar-refractivity contribution < 1.29 is 9.90 Å². The normalized spacial score (nSPS) is 16.7. The number of carbonyl (C=O) groups excluding carboxylic acids is 1. The van der Waals surface area contributed by atoms with Crippen LogP contribution in [0.3, 0.4) is 0 Å². The molecule has 114 valence electrons. The molecule has 4 nitrogen and oxygen atoms in total. The van der Waals surface area contributed by atoms with Crippen molar-refractivity contribution in [2.45, 2.75) is 25.4 Å². The second-order valence-corrected chi connectivity index (χ2v) is 5.81. The molecule has 0 aromatic heterocycles. The number of aliphatic hydroxyl groups excluding tert-OH is 1. The minimum atomic E-state index is -0.346. The number of para-hydroxylation sites is 1. The number of urea groups is 1. The Balaban J connectivity index is 1.76. The molecule has 1 aliphatic carbocycles. The van der Waals surface area contributed by atoms with Gasteiger partial charge in [-0.2, -0.15) is 0 Å². The fourth-order valence-corrected chi connectivity index (χ4v) is 2.91. The quantitative estimate of drug-likeness (QED) is 0.788. The molecule has 2 amide bonds. The number of hydrogen-bond donors (Lipinski definition) is 3. The van der Waals surface area contributed by atoms with Gasteiger partial charge in [0.05, 0.1) is 16.8 Å². The predicted molar refractivity (Wildman–Crippen MR) is 88.6 cm³/mol. The van der Waals surface area contributed by atoms with Crippen LogP contribution in [-0.2, 0) is 12.8 Å². The highest BCUT2D eigenvalue weighted by atomic mass is 35.5. The lowest BCUT2D eigenvalue weighted by Gasteiger charge is -2.23. The van der Waals surface area contributed by atoms with Gasteiger partial charge in [0.25, 0.3) is 0 Å². The molecule has 0 saturated carbocycles. The first kappa shape index (κ1) is 14.9. The third-order valence-corrected chi connectivity index (χ3v) is 4.16. The van der Waals surface area contributed by atoms with Crippen molar-refractivity contribution in [3.63, 3.8) is 0 Å². The van der Waals surface area contributed by atoms with Crippen LogP contribution in [0.15, 0.2) is 42.5 Å². The van der Waals surface area contributed by atoms with Crippen molar-refractivity contribution in [3.8, 4) is 0 Å². The second-order valence-electron chi connectivity index (χ2n) is 5.40. The summed E-state index contributed by atoms with van der Waals surface area (Å²) in [6.07, 6.45) is 1.82. The van der Waals surface area contributed by atoms with Crippen LogP contribution in [0.4, 0.5) is 16.2 Å². The monoisotopic (exact) mass is 316 g/mol. The topological polar surface area (TPSA) is 61.4 Å². The lowest BCUT2D eigenvalue weighted by atomic mass is 9.88. The standard InChI is InChI=1S/C17H17ClN2O2/c18-14-5-1-2-6-16(14)20-17(22)19-15-7-3-4-11-8-9-12(21)10-13(11)15/h1-7,12,21H,8-10H2,(H2,19,20,22)/t12-/m1/s1. The molecule has 0 aliphatic heterocycles. The minimum absolute atomic E-state index is 0.345. The number of nitrogens with one attached hydrogen (secondary N) is 2. The van der Waals surface area contributed by atoms with Gasteiger partial charge in [0.1, 0.15) is 0 Å². The minimum Gasteiger partial charge on any atom is -0.393 e. The maximum atomic E-state index is 12.2. The second kappa shape index (κ2) is 6.38. The maximum Gasteiger partial charge on any atom is 0.323 e. The van der Waals surface area contributed by atoms with Crippen molar-refractivity contribution >= 4 is 29.0 Å². The van der Waals surface area contributed by atoms with Crippen LogP contribution in [0, 0.1) is 0 Å². The Morgan fingerprint density at radius 1 is 1.09 bits per heavy atom. The molecule has 1 atom stereocenters. The fraction of sp³-hybridized carbons (Fsp3) is 0.235. The molecule has 0 unspecified atom stereocenters. The summed E-state index contributed by atoms with van der Waals surface area (Å²) in [5.74, 6) is 0. The van der Waals surface area contributed by atoms with Crippen LogP contribution in [0.5, 0.6) is 0 Å². The molecule has 0 spiro atoms. The van der Waals surface area contributed by atoms with E-state index in [-0.39, 0.29) is 12.1 Å². The molecule has 5 heteroatoms. The summed E-state index contributed by atoms with van der Waals surface area (Å²) in [4.78, 5) is 12.2. The molecule has 0 fully saturated rings. The Morgan fingerprint density at radius 3 is 2.64 bits per heavy atom. The van der Waals surface area contributed by atoms with E-state index in [1.54, 1.807) is 18.2 Å². The molecule has 2 aromatic rings. The molecule has 0 heterocycles. The maximum absolute atomic E-state index is 12.2. The molecule has 22 heavy (non-hydrogen) atoms. The van der Waals surface area contributed by atoms with Gasteiger partial charge >= 0.3 is 6.03 Å². The van der Waals surface area contributed by atoms with Gasteiger partial charge in [-0.05, 0) is 42.2 Å². The highest BCUT2D eigenvalue weighted by Gasteiger charge is 2.20. The molecule has 0 radical (unpaired) electrons. The molecule has 2 aromatic carbocycles. The lowest BCUT2D eigenvalue weighted by Crippen LogP contribution is -2.24. The third kappa shape index (κ3) is 3.24. The van der Waals surface area contributed by atoms with Gasteiger partial charge in [-0.3, -0.25) is 0 Å². The van der Waals surface area contributed by atoms with Crippen molar-refractivity contribution in [3.05, 3.63) is 58.6 Å². The van der Waals surface area contributed by atoms with Crippen molar-refractivity contribution in [1.29, 1.82) is 0 Å². The Bertz CT molecular complexity index is 703.